The van der Waals surface area contributed by atoms with Crippen molar-refractivity contribution in [3.63, 3.8) is 0 Å². The molecule has 1 aromatic carbocycles. The molecule has 5 aromatic rings. The third kappa shape index (κ3) is 7.46. The molecular weight excluding hydrogens is 651 g/mol. The van der Waals surface area contributed by atoms with E-state index in [1.54, 1.807) is 24.3 Å². The number of halogens is 3. The van der Waals surface area contributed by atoms with Gasteiger partial charge < -0.3 is 18.8 Å². The van der Waals surface area contributed by atoms with Crippen LogP contribution in [0, 0.1) is 0 Å². The van der Waals surface area contributed by atoms with E-state index in [4.69, 9.17) is 29.2 Å². The molecular formula is C36H40F3N7O4. The van der Waals surface area contributed by atoms with Gasteiger partial charge in [0, 0.05) is 29.7 Å². The molecule has 0 aliphatic carbocycles. The van der Waals surface area contributed by atoms with Crippen molar-refractivity contribution in [1.82, 2.24) is 34.2 Å². The highest BCUT2D eigenvalue weighted by atomic mass is 19.4. The third-order valence-electron chi connectivity index (χ3n) is 9.39. The Morgan fingerprint density at radius 1 is 1.02 bits per heavy atom. The molecule has 7 rings (SSSR count). The molecule has 2 fully saturated rings. The molecule has 4 aromatic heterocycles. The fourth-order valence-electron chi connectivity index (χ4n) is 6.68. The van der Waals surface area contributed by atoms with Gasteiger partial charge in [-0.25, -0.2) is 19.7 Å². The molecule has 11 nitrogen and oxygen atoms in total. The summed E-state index contributed by atoms with van der Waals surface area (Å²) in [5.74, 6) is 1.15. The Hall–Kier alpha value is -4.56. The van der Waals surface area contributed by atoms with Crippen molar-refractivity contribution in [2.24, 2.45) is 0 Å². The molecule has 0 radical (unpaired) electrons. The zero-order valence-electron chi connectivity index (χ0n) is 28.3. The molecule has 6 heterocycles. The number of imidazole rings is 1. The van der Waals surface area contributed by atoms with Crippen LogP contribution in [0.5, 0.6) is 5.88 Å². The Labute approximate surface area is 287 Å². The van der Waals surface area contributed by atoms with E-state index >= 15 is 0 Å². The smallest absolute Gasteiger partial charge is 0.408 e. The van der Waals surface area contributed by atoms with Crippen LogP contribution in [-0.2, 0) is 29.2 Å². The first kappa shape index (κ1) is 33.9. The maximum atomic E-state index is 13.0. The van der Waals surface area contributed by atoms with Gasteiger partial charge in [-0.2, -0.15) is 18.3 Å². The highest BCUT2D eigenvalue weighted by molar-refractivity contribution is 5.90. The third-order valence-corrected chi connectivity index (χ3v) is 9.39. The van der Waals surface area contributed by atoms with Crippen LogP contribution in [0.1, 0.15) is 79.6 Å². The van der Waals surface area contributed by atoms with Crippen molar-refractivity contribution in [3.05, 3.63) is 77.5 Å². The Morgan fingerprint density at radius 2 is 1.82 bits per heavy atom. The molecule has 2 aliphatic heterocycles. The van der Waals surface area contributed by atoms with E-state index in [0.29, 0.717) is 29.0 Å². The lowest BCUT2D eigenvalue weighted by molar-refractivity contribution is -0.141. The van der Waals surface area contributed by atoms with Gasteiger partial charge >= 0.3 is 12.1 Å². The molecule has 264 valence electrons. The number of carbonyl (C=O) groups excluding carboxylic acids is 1. The molecule has 50 heavy (non-hydrogen) atoms. The zero-order valence-corrected chi connectivity index (χ0v) is 28.3. The second-order valence-electron chi connectivity index (χ2n) is 13.3. The number of rotatable bonds is 11. The fourth-order valence-corrected chi connectivity index (χ4v) is 6.68. The van der Waals surface area contributed by atoms with Crippen molar-refractivity contribution in [2.45, 2.75) is 90.1 Å². The first-order valence-corrected chi connectivity index (χ1v) is 17.1. The van der Waals surface area contributed by atoms with Gasteiger partial charge in [0.15, 0.2) is 11.3 Å². The van der Waals surface area contributed by atoms with E-state index in [-0.39, 0.29) is 36.5 Å². The van der Waals surface area contributed by atoms with Gasteiger partial charge in [0.2, 0.25) is 5.88 Å². The predicted molar refractivity (Wildman–Crippen MR) is 179 cm³/mol. The summed E-state index contributed by atoms with van der Waals surface area (Å²) in [5.41, 5.74) is 3.74. The Bertz CT molecular complexity index is 1980. The lowest BCUT2D eigenvalue weighted by Crippen LogP contribution is -2.37. The van der Waals surface area contributed by atoms with E-state index in [9.17, 15) is 18.0 Å². The summed E-state index contributed by atoms with van der Waals surface area (Å²) < 4.78 is 59.2. The van der Waals surface area contributed by atoms with Crippen molar-refractivity contribution in [3.8, 4) is 5.88 Å². The summed E-state index contributed by atoms with van der Waals surface area (Å²) in [7, 11) is 0. The number of esters is 1. The Morgan fingerprint density at radius 3 is 2.54 bits per heavy atom. The van der Waals surface area contributed by atoms with Gasteiger partial charge in [0.25, 0.3) is 0 Å². The predicted octanol–water partition coefficient (Wildman–Crippen LogP) is 6.61. The minimum absolute atomic E-state index is 0.00342. The number of aromatic nitrogens is 6. The summed E-state index contributed by atoms with van der Waals surface area (Å²) in [5, 5.41) is 4.53. The Kier molecular flexibility index (Phi) is 9.49. The maximum absolute atomic E-state index is 13.0. The number of benzene rings is 1. The number of fused-ring (bicyclic) bond motifs is 2. The molecule has 0 amide bonds. The molecule has 0 saturated carbocycles. The number of alkyl halides is 3. The van der Waals surface area contributed by atoms with Gasteiger partial charge in [-0.3, -0.25) is 9.58 Å². The van der Waals surface area contributed by atoms with E-state index in [1.165, 1.54) is 6.20 Å². The largest absolute Gasteiger partial charge is 0.473 e. The standard InChI is InChI=1S/C36H40F3N7O4/c1-22(2)50-35(47)30-10-9-29-34(43-30)45(19-27-13-16-48-27)33(42-29)23(3)44-14-11-25(12-15-44)28-5-4-6-32(41-28)49-20-24-7-8-26-18-40-46(31(26)17-24)21-36(37,38)39/h4-10,17-18,22-23,25,27H,11-16,19-21H2,1-3H3/t23?,27-/m0/s1. The van der Waals surface area contributed by atoms with Crippen LogP contribution in [0.25, 0.3) is 22.1 Å². The number of piperidine rings is 1. The highest BCUT2D eigenvalue weighted by Gasteiger charge is 2.31. The van der Waals surface area contributed by atoms with Crippen LogP contribution in [0.15, 0.2) is 54.7 Å². The van der Waals surface area contributed by atoms with Crippen LogP contribution in [0.4, 0.5) is 13.2 Å². The molecule has 1 unspecified atom stereocenters. The van der Waals surface area contributed by atoms with Crippen molar-refractivity contribution in [2.75, 3.05) is 19.7 Å². The van der Waals surface area contributed by atoms with Crippen molar-refractivity contribution >= 4 is 28.0 Å². The number of nitrogens with zero attached hydrogens (tertiary/aromatic N) is 7. The van der Waals surface area contributed by atoms with E-state index in [1.807, 2.05) is 38.1 Å². The average Bonchev–Trinajstić information content (AvgIpc) is 3.64. The van der Waals surface area contributed by atoms with Crippen LogP contribution < -0.4 is 4.74 Å². The van der Waals surface area contributed by atoms with Gasteiger partial charge in [-0.05, 0) is 83.0 Å². The second kappa shape index (κ2) is 14.0. The molecule has 0 N–H and O–H groups in total. The first-order valence-electron chi connectivity index (χ1n) is 17.1. The quantitative estimate of drug-likeness (QED) is 0.141. The van der Waals surface area contributed by atoms with Gasteiger partial charge in [0.05, 0.1) is 36.5 Å². The van der Waals surface area contributed by atoms with Crippen LogP contribution in [0.3, 0.4) is 0 Å². The topological polar surface area (TPSA) is 109 Å². The van der Waals surface area contributed by atoms with Crippen LogP contribution in [0.2, 0.25) is 0 Å². The number of hydrogen-bond donors (Lipinski definition) is 0. The molecule has 2 aliphatic rings. The van der Waals surface area contributed by atoms with E-state index in [0.717, 1.165) is 66.2 Å². The number of pyridine rings is 2. The van der Waals surface area contributed by atoms with Gasteiger partial charge in [0.1, 0.15) is 24.5 Å². The van der Waals surface area contributed by atoms with Crippen molar-refractivity contribution < 1.29 is 32.2 Å². The fraction of sp³-hybridized carbons (Fsp3) is 0.472. The van der Waals surface area contributed by atoms with Crippen LogP contribution in [-0.4, -0.2) is 78.2 Å². The Balaban J connectivity index is 1.01. The second-order valence-corrected chi connectivity index (χ2v) is 13.3. The summed E-state index contributed by atoms with van der Waals surface area (Å²) in [6.07, 6.45) is -0.326. The number of likely N-dealkylation sites (tertiary alicyclic amines) is 1. The first-order chi connectivity index (χ1) is 24.0. The lowest BCUT2D eigenvalue weighted by Gasteiger charge is -2.36. The summed E-state index contributed by atoms with van der Waals surface area (Å²) in [4.78, 5) is 29.6. The normalized spacial score (nSPS) is 18.1. The van der Waals surface area contributed by atoms with E-state index in [2.05, 4.69) is 21.5 Å². The van der Waals surface area contributed by atoms with Gasteiger partial charge in [-0.1, -0.05) is 18.2 Å². The lowest BCUT2D eigenvalue weighted by atomic mass is 9.92. The summed E-state index contributed by atoms with van der Waals surface area (Å²) >= 11 is 0. The average molecular weight is 692 g/mol. The number of ether oxygens (including phenoxy) is 3. The minimum atomic E-state index is -4.36. The zero-order chi connectivity index (χ0) is 35.0. The monoisotopic (exact) mass is 691 g/mol. The SMILES string of the molecule is CC(C)OC(=O)c1ccc2nc(C(C)N3CCC(c4cccc(OCc5ccc6cnn(CC(F)(F)F)c6c5)n4)CC3)n(C[C@@H]3CCO3)c2n1. The van der Waals surface area contributed by atoms with Crippen molar-refractivity contribution in [1.29, 1.82) is 0 Å². The van der Waals surface area contributed by atoms with Crippen LogP contribution >= 0.6 is 0 Å². The summed E-state index contributed by atoms with van der Waals surface area (Å²) in [6.45, 7) is 7.84. The minimum Gasteiger partial charge on any atom is -0.473 e. The molecule has 0 bridgehead atoms. The molecule has 2 saturated heterocycles. The number of hydrogen-bond acceptors (Lipinski definition) is 9. The van der Waals surface area contributed by atoms with Gasteiger partial charge in [-0.15, -0.1) is 0 Å². The molecule has 0 spiro atoms. The molecule has 2 atom stereocenters. The maximum Gasteiger partial charge on any atom is 0.408 e. The molecule has 14 heteroatoms. The number of carbonyl (C=O) groups is 1. The highest BCUT2D eigenvalue weighted by Crippen LogP contribution is 2.34. The summed E-state index contributed by atoms with van der Waals surface area (Å²) in [6, 6.07) is 14.5. The van der Waals surface area contributed by atoms with E-state index < -0.39 is 18.7 Å².